The Balaban J connectivity index is 1.82. The number of hydrogen-bond acceptors (Lipinski definition) is 3. The second-order valence-electron chi connectivity index (χ2n) is 8.08. The summed E-state index contributed by atoms with van der Waals surface area (Å²) < 4.78 is 13.4. The normalized spacial score (nSPS) is 17.6. The lowest BCUT2D eigenvalue weighted by molar-refractivity contribution is -0.100. The third-order valence-corrected chi connectivity index (χ3v) is 5.70. The number of halogens is 1. The van der Waals surface area contributed by atoms with Crippen molar-refractivity contribution in [2.75, 3.05) is 20.1 Å². The number of nitrogens with zero attached hydrogens (tertiary/aromatic N) is 2. The molecule has 1 saturated heterocycles. The number of nitrogens with one attached hydrogen (secondary N) is 1. The molecule has 2 aromatic rings. The Labute approximate surface area is 172 Å². The molecule has 1 unspecified atom stereocenters. The Morgan fingerprint density at radius 3 is 2.34 bits per heavy atom. The lowest BCUT2D eigenvalue weighted by Crippen LogP contribution is -2.58. The minimum Gasteiger partial charge on any atom is -0.367 e. The molecule has 0 aromatic heterocycles. The van der Waals surface area contributed by atoms with E-state index < -0.39 is 5.72 Å². The molecule has 0 bridgehead atoms. The van der Waals surface area contributed by atoms with Gasteiger partial charge in [0.1, 0.15) is 5.82 Å². The molecule has 156 valence electrons. The number of amides is 2. The van der Waals surface area contributed by atoms with Crippen LogP contribution in [0.25, 0.3) is 0 Å². The van der Waals surface area contributed by atoms with Crippen LogP contribution in [-0.4, -0.2) is 47.1 Å². The summed E-state index contributed by atoms with van der Waals surface area (Å²) in [4.78, 5) is 17.0. The molecule has 29 heavy (non-hydrogen) atoms. The van der Waals surface area contributed by atoms with Crippen LogP contribution in [0.1, 0.15) is 36.5 Å². The first-order valence-corrected chi connectivity index (χ1v) is 10.1. The summed E-state index contributed by atoms with van der Waals surface area (Å²) in [6.45, 7) is 5.70. The number of aliphatic hydroxyl groups is 1. The molecule has 0 spiro atoms. The molecule has 6 heteroatoms. The van der Waals surface area contributed by atoms with Gasteiger partial charge in [-0.3, -0.25) is 4.90 Å². The maximum atomic E-state index is 13.4. The van der Waals surface area contributed by atoms with Gasteiger partial charge in [-0.2, -0.15) is 0 Å². The predicted octanol–water partition coefficient (Wildman–Crippen LogP) is 3.61. The van der Waals surface area contributed by atoms with Crippen molar-refractivity contribution in [3.8, 4) is 0 Å². The molecule has 5 nitrogen and oxygen atoms in total. The summed E-state index contributed by atoms with van der Waals surface area (Å²) >= 11 is 0. The van der Waals surface area contributed by atoms with Crippen LogP contribution in [0.4, 0.5) is 9.18 Å². The zero-order valence-corrected chi connectivity index (χ0v) is 17.4. The summed E-state index contributed by atoms with van der Waals surface area (Å²) in [5, 5.41) is 14.3. The maximum absolute atomic E-state index is 13.4. The van der Waals surface area contributed by atoms with Gasteiger partial charge in [-0.15, -0.1) is 0 Å². The molecule has 1 atom stereocenters. The highest BCUT2D eigenvalue weighted by molar-refractivity contribution is 5.75. The van der Waals surface area contributed by atoms with E-state index in [4.69, 9.17) is 0 Å². The van der Waals surface area contributed by atoms with Crippen LogP contribution in [0.2, 0.25) is 0 Å². The Bertz CT molecular complexity index is 813. The molecule has 2 N–H and O–H groups in total. The van der Waals surface area contributed by atoms with E-state index in [1.54, 1.807) is 6.92 Å². The highest BCUT2D eigenvalue weighted by atomic mass is 19.1. The van der Waals surface area contributed by atoms with Crippen LogP contribution in [0.5, 0.6) is 0 Å². The van der Waals surface area contributed by atoms with Crippen LogP contribution in [0.3, 0.4) is 0 Å². The molecule has 1 fully saturated rings. The second-order valence-corrected chi connectivity index (χ2v) is 8.08. The van der Waals surface area contributed by atoms with Crippen LogP contribution in [0, 0.1) is 12.7 Å². The van der Waals surface area contributed by atoms with Crippen molar-refractivity contribution >= 4 is 6.03 Å². The van der Waals surface area contributed by atoms with Crippen molar-refractivity contribution in [1.82, 2.24) is 15.1 Å². The number of rotatable bonds is 5. The van der Waals surface area contributed by atoms with Crippen LogP contribution < -0.4 is 5.32 Å². The Hall–Kier alpha value is -2.44. The lowest BCUT2D eigenvalue weighted by atomic mass is 9.96. The zero-order chi connectivity index (χ0) is 21.0. The molecule has 0 saturated carbocycles. The number of hydrogen-bond donors (Lipinski definition) is 2. The highest BCUT2D eigenvalue weighted by Gasteiger charge is 2.40. The van der Waals surface area contributed by atoms with Gasteiger partial charge >= 0.3 is 6.03 Å². The number of carbonyl (C=O) groups excluding carboxylic acids is 1. The monoisotopic (exact) mass is 399 g/mol. The van der Waals surface area contributed by atoms with Gasteiger partial charge in [0.25, 0.3) is 0 Å². The Morgan fingerprint density at radius 1 is 1.17 bits per heavy atom. The van der Waals surface area contributed by atoms with E-state index in [1.807, 2.05) is 31.2 Å². The molecule has 2 aromatic carbocycles. The van der Waals surface area contributed by atoms with E-state index >= 15 is 0 Å². The van der Waals surface area contributed by atoms with E-state index in [2.05, 4.69) is 17.3 Å². The highest BCUT2D eigenvalue weighted by Crippen LogP contribution is 2.31. The molecule has 1 aliphatic heterocycles. The first-order chi connectivity index (χ1) is 13.8. The van der Waals surface area contributed by atoms with Gasteiger partial charge in [-0.1, -0.05) is 42.0 Å². The fourth-order valence-corrected chi connectivity index (χ4v) is 3.85. The topological polar surface area (TPSA) is 55.8 Å². The van der Waals surface area contributed by atoms with Crippen LogP contribution in [0.15, 0.2) is 48.5 Å². The number of likely N-dealkylation sites (tertiary alicyclic amines) is 1. The van der Waals surface area contributed by atoms with Gasteiger partial charge in [-0.25, -0.2) is 9.18 Å². The average molecular weight is 400 g/mol. The minimum atomic E-state index is -1.55. The quantitative estimate of drug-likeness (QED) is 0.756. The van der Waals surface area contributed by atoms with Crippen molar-refractivity contribution in [3.05, 3.63) is 71.0 Å². The number of aryl methyl sites for hydroxylation is 1. The average Bonchev–Trinajstić information content (AvgIpc) is 2.69. The number of benzene rings is 2. The number of urea groups is 1. The molecule has 0 aliphatic carbocycles. The van der Waals surface area contributed by atoms with Crippen LogP contribution in [-0.2, 0) is 12.3 Å². The summed E-state index contributed by atoms with van der Waals surface area (Å²) in [5.74, 6) is -0.376. The fraction of sp³-hybridized carbons (Fsp3) is 0.435. The molecular formula is C23H30FN3O2. The minimum absolute atomic E-state index is 0.107. The van der Waals surface area contributed by atoms with Gasteiger partial charge in [0.2, 0.25) is 0 Å². The SMILES string of the molecule is Cc1ccc(CNC(=O)N(C2CCN(C)CC2)C(C)(O)c2ccc(F)cc2)cc1. The summed E-state index contributed by atoms with van der Waals surface area (Å²) in [5.41, 5.74) is 1.09. The number of carbonyl (C=O) groups is 1. The Morgan fingerprint density at radius 2 is 1.76 bits per heavy atom. The van der Waals surface area contributed by atoms with Gasteiger partial charge in [0, 0.05) is 18.2 Å². The van der Waals surface area contributed by atoms with E-state index in [0.717, 1.165) is 37.1 Å². The summed E-state index contributed by atoms with van der Waals surface area (Å²) in [6, 6.07) is 13.2. The van der Waals surface area contributed by atoms with Crippen molar-refractivity contribution in [3.63, 3.8) is 0 Å². The van der Waals surface area contributed by atoms with Crippen molar-refractivity contribution in [2.24, 2.45) is 0 Å². The first kappa shape index (κ1) is 21.3. The van der Waals surface area contributed by atoms with Gasteiger partial charge in [-0.05, 0) is 64.5 Å². The largest absolute Gasteiger partial charge is 0.367 e. The van der Waals surface area contributed by atoms with Gasteiger partial charge < -0.3 is 15.3 Å². The standard InChI is InChI=1S/C23H30FN3O2/c1-17-4-6-18(7-5-17)16-25-22(28)27(21-12-14-26(3)15-13-21)23(2,29)19-8-10-20(24)11-9-19/h4-11,21,29H,12-16H2,1-3H3,(H,25,28). The van der Waals surface area contributed by atoms with E-state index in [0.29, 0.717) is 12.1 Å². The second kappa shape index (κ2) is 8.93. The molecule has 3 rings (SSSR count). The lowest BCUT2D eigenvalue weighted by Gasteiger charge is -2.45. The molecule has 1 heterocycles. The third-order valence-electron chi connectivity index (χ3n) is 5.70. The molecular weight excluding hydrogens is 369 g/mol. The van der Waals surface area contributed by atoms with Gasteiger partial charge in [0.05, 0.1) is 0 Å². The summed E-state index contributed by atoms with van der Waals surface area (Å²) in [7, 11) is 2.05. The molecule has 2 amide bonds. The zero-order valence-electron chi connectivity index (χ0n) is 17.4. The first-order valence-electron chi connectivity index (χ1n) is 10.1. The van der Waals surface area contributed by atoms with E-state index in [-0.39, 0.29) is 17.9 Å². The number of piperidine rings is 1. The fourth-order valence-electron chi connectivity index (χ4n) is 3.85. The van der Waals surface area contributed by atoms with E-state index in [1.165, 1.54) is 29.2 Å². The maximum Gasteiger partial charge on any atom is 0.320 e. The Kier molecular flexibility index (Phi) is 6.55. The smallest absolute Gasteiger partial charge is 0.320 e. The van der Waals surface area contributed by atoms with Gasteiger partial charge in [0.15, 0.2) is 5.72 Å². The molecule has 1 aliphatic rings. The van der Waals surface area contributed by atoms with Crippen LogP contribution >= 0.6 is 0 Å². The summed E-state index contributed by atoms with van der Waals surface area (Å²) in [6.07, 6.45) is 1.54. The predicted molar refractivity (Wildman–Crippen MR) is 112 cm³/mol. The van der Waals surface area contributed by atoms with E-state index in [9.17, 15) is 14.3 Å². The third kappa shape index (κ3) is 5.14. The van der Waals surface area contributed by atoms with Crippen molar-refractivity contribution in [1.29, 1.82) is 0 Å². The molecule has 0 radical (unpaired) electrons. The van der Waals surface area contributed by atoms with Crippen molar-refractivity contribution in [2.45, 2.75) is 45.0 Å². The van der Waals surface area contributed by atoms with Crippen molar-refractivity contribution < 1.29 is 14.3 Å².